The molecular weight excluding hydrogens is 528 g/mol. The summed E-state index contributed by atoms with van der Waals surface area (Å²) in [4.78, 5) is 28.3. The number of carbonyl (C=O) groups excluding carboxylic acids is 2. The Morgan fingerprint density at radius 1 is 1.09 bits per heavy atom. The second-order valence-electron chi connectivity index (χ2n) is 7.26. The van der Waals surface area contributed by atoms with Crippen molar-refractivity contribution in [2.75, 3.05) is 13.1 Å². The third-order valence-electron chi connectivity index (χ3n) is 5.10. The molecule has 0 spiro atoms. The van der Waals surface area contributed by atoms with E-state index in [-0.39, 0.29) is 63.0 Å². The zero-order valence-corrected chi connectivity index (χ0v) is 24.3. The number of hydrogen-bond acceptors (Lipinski definition) is 6. The largest absolute Gasteiger partial charge is 0.506 e. The normalized spacial score (nSPS) is 13.7. The van der Waals surface area contributed by atoms with Crippen LogP contribution in [0.25, 0.3) is 10.4 Å². The molecule has 3 aromatic rings. The van der Waals surface area contributed by atoms with E-state index in [0.717, 1.165) is 42.8 Å². The molecular formula is C22H19Cl2KN3O3S2. The van der Waals surface area contributed by atoms with Crippen molar-refractivity contribution in [2.45, 2.75) is 19.8 Å². The number of halogens is 2. The van der Waals surface area contributed by atoms with Crippen LogP contribution in [0.2, 0.25) is 10.0 Å². The molecule has 1 aliphatic rings. The van der Waals surface area contributed by atoms with E-state index in [4.69, 9.17) is 23.2 Å². The van der Waals surface area contributed by atoms with Crippen molar-refractivity contribution >= 4 is 115 Å². The van der Waals surface area contributed by atoms with Gasteiger partial charge < -0.3 is 10.0 Å². The van der Waals surface area contributed by atoms with Gasteiger partial charge in [-0.1, -0.05) is 29.3 Å². The van der Waals surface area contributed by atoms with Crippen LogP contribution in [0.3, 0.4) is 0 Å². The smallest absolute Gasteiger partial charge is 0.281 e. The van der Waals surface area contributed by atoms with Crippen LogP contribution >= 0.6 is 45.9 Å². The summed E-state index contributed by atoms with van der Waals surface area (Å²) in [6.45, 7) is 3.21. The predicted molar refractivity (Wildman–Crippen MR) is 136 cm³/mol. The van der Waals surface area contributed by atoms with Crippen LogP contribution in [0, 0.1) is 0 Å². The number of hydrogen-bond donors (Lipinski definition) is 2. The zero-order valence-electron chi connectivity index (χ0n) is 18.0. The van der Waals surface area contributed by atoms with Gasteiger partial charge in [-0.05, 0) is 49.6 Å². The molecule has 1 fully saturated rings. The van der Waals surface area contributed by atoms with Gasteiger partial charge in [0.15, 0.2) is 0 Å². The average Bonchev–Trinajstić information content (AvgIpc) is 3.54. The van der Waals surface area contributed by atoms with Crippen molar-refractivity contribution < 1.29 is 14.7 Å². The molecule has 6 nitrogen and oxygen atoms in total. The standard InChI is InChI=1S/C22H19Cl2N3O3S2.K/c1-12(14-11-31-20(19(14)28)13-4-5-15(23)16(24)10-13)25-26-21(29)17-6-7-18(32-17)22(30)27-8-2-3-9-27;/h4-7,10-11,28H,2-3,8-9H2,1H3,(H,26,29);. The van der Waals surface area contributed by atoms with Crippen LogP contribution in [-0.4, -0.2) is 92.0 Å². The number of thiophene rings is 2. The van der Waals surface area contributed by atoms with E-state index >= 15 is 0 Å². The van der Waals surface area contributed by atoms with Crippen molar-refractivity contribution in [3.05, 3.63) is 61.1 Å². The fraction of sp³-hybridized carbons (Fsp3) is 0.227. The Labute approximate surface area is 252 Å². The number of rotatable bonds is 5. The minimum atomic E-state index is -0.408. The van der Waals surface area contributed by atoms with Gasteiger partial charge in [0.25, 0.3) is 11.8 Å². The number of likely N-dealkylation sites (tertiary alicyclic amines) is 1. The first-order chi connectivity index (χ1) is 15.3. The number of hydrazone groups is 1. The Kier molecular flexibility index (Phi) is 9.59. The molecule has 1 aromatic carbocycles. The summed E-state index contributed by atoms with van der Waals surface area (Å²) in [5.41, 5.74) is 4.19. The van der Waals surface area contributed by atoms with Gasteiger partial charge in [-0.3, -0.25) is 9.59 Å². The van der Waals surface area contributed by atoms with E-state index in [1.54, 1.807) is 47.5 Å². The van der Waals surface area contributed by atoms with Crippen LogP contribution < -0.4 is 5.43 Å². The van der Waals surface area contributed by atoms with Gasteiger partial charge >= 0.3 is 0 Å². The molecule has 0 saturated carbocycles. The Balaban J connectivity index is 0.00000306. The first-order valence-corrected chi connectivity index (χ1v) is 12.3. The Morgan fingerprint density at radius 2 is 1.79 bits per heavy atom. The summed E-state index contributed by atoms with van der Waals surface area (Å²) < 4.78 is 0. The molecule has 4 rings (SSSR count). The summed E-state index contributed by atoms with van der Waals surface area (Å²) in [5, 5.41) is 17.4. The molecule has 3 heterocycles. The van der Waals surface area contributed by atoms with Crippen molar-refractivity contribution in [3.63, 3.8) is 0 Å². The number of benzene rings is 1. The number of nitrogens with zero attached hydrogens (tertiary/aromatic N) is 2. The van der Waals surface area contributed by atoms with Crippen LogP contribution in [0.1, 0.15) is 44.7 Å². The van der Waals surface area contributed by atoms with Gasteiger partial charge in [0.05, 0.1) is 36.0 Å². The molecule has 0 atom stereocenters. The Hall–Kier alpha value is -0.754. The number of amides is 2. The number of nitrogens with one attached hydrogen (secondary N) is 1. The van der Waals surface area contributed by atoms with Gasteiger partial charge in [0, 0.05) is 69.9 Å². The van der Waals surface area contributed by atoms with Gasteiger partial charge in [0.1, 0.15) is 5.75 Å². The third kappa shape index (κ3) is 6.09. The van der Waals surface area contributed by atoms with E-state index in [1.165, 1.54) is 11.3 Å². The van der Waals surface area contributed by atoms with E-state index < -0.39 is 5.91 Å². The molecule has 33 heavy (non-hydrogen) atoms. The third-order valence-corrected chi connectivity index (χ3v) is 7.92. The maximum atomic E-state index is 12.5. The second-order valence-corrected chi connectivity index (χ2v) is 10.0. The van der Waals surface area contributed by atoms with Gasteiger partial charge in [-0.25, -0.2) is 5.43 Å². The summed E-state index contributed by atoms with van der Waals surface area (Å²) in [6, 6.07) is 8.42. The first kappa shape index (κ1) is 26.8. The molecule has 2 N–H and O–H groups in total. The Bertz CT molecular complexity index is 1220. The molecule has 2 amide bonds. The molecule has 0 aliphatic carbocycles. The van der Waals surface area contributed by atoms with Crippen LogP contribution in [0.15, 0.2) is 40.8 Å². The van der Waals surface area contributed by atoms with Crippen molar-refractivity contribution in [2.24, 2.45) is 5.10 Å². The maximum absolute atomic E-state index is 12.5. The zero-order chi connectivity index (χ0) is 22.8. The second kappa shape index (κ2) is 11.8. The van der Waals surface area contributed by atoms with E-state index in [0.29, 0.717) is 36.0 Å². The molecule has 0 bridgehead atoms. The minimum absolute atomic E-state index is 0. The summed E-state index contributed by atoms with van der Waals surface area (Å²) in [6.07, 6.45) is 2.03. The van der Waals surface area contributed by atoms with Crippen LogP contribution in [0.4, 0.5) is 0 Å². The van der Waals surface area contributed by atoms with Crippen molar-refractivity contribution in [3.8, 4) is 16.2 Å². The molecule has 1 aliphatic heterocycles. The summed E-state index contributed by atoms with van der Waals surface area (Å²) in [5.74, 6) is -0.392. The Morgan fingerprint density at radius 3 is 2.48 bits per heavy atom. The molecule has 2 aromatic heterocycles. The van der Waals surface area contributed by atoms with E-state index in [2.05, 4.69) is 10.5 Å². The molecule has 1 radical (unpaired) electrons. The molecule has 0 unspecified atom stereocenters. The molecule has 11 heteroatoms. The minimum Gasteiger partial charge on any atom is -0.506 e. The van der Waals surface area contributed by atoms with Gasteiger partial charge in [-0.15, -0.1) is 22.7 Å². The maximum Gasteiger partial charge on any atom is 0.281 e. The SMILES string of the molecule is CC(=NNC(=O)c1ccc(C(=O)N2CCCC2)s1)c1csc(-c2ccc(Cl)c(Cl)c2)c1O.[K]. The number of aromatic hydroxyl groups is 1. The fourth-order valence-corrected chi connectivity index (χ4v) is 5.52. The van der Waals surface area contributed by atoms with Crippen molar-refractivity contribution in [1.82, 2.24) is 10.3 Å². The molecule has 1 saturated heterocycles. The van der Waals surface area contributed by atoms with Gasteiger partial charge in [0.2, 0.25) is 0 Å². The quantitative estimate of drug-likeness (QED) is 0.252. The van der Waals surface area contributed by atoms with E-state index in [1.807, 2.05) is 0 Å². The predicted octanol–water partition coefficient (Wildman–Crippen LogP) is 5.50. The van der Waals surface area contributed by atoms with Crippen molar-refractivity contribution in [1.29, 1.82) is 0 Å². The molecule has 167 valence electrons. The van der Waals surface area contributed by atoms with Crippen LogP contribution in [0.5, 0.6) is 5.75 Å². The fourth-order valence-electron chi connectivity index (χ4n) is 3.35. The van der Waals surface area contributed by atoms with Crippen LogP contribution in [-0.2, 0) is 0 Å². The summed E-state index contributed by atoms with van der Waals surface area (Å²) >= 11 is 14.5. The first-order valence-electron chi connectivity index (χ1n) is 9.85. The van der Waals surface area contributed by atoms with E-state index in [9.17, 15) is 14.7 Å². The van der Waals surface area contributed by atoms with Gasteiger partial charge in [-0.2, -0.15) is 5.10 Å². The average molecular weight is 548 g/mol. The number of carbonyl (C=O) groups is 2. The summed E-state index contributed by atoms with van der Waals surface area (Å²) in [7, 11) is 0. The monoisotopic (exact) mass is 546 g/mol. The topological polar surface area (TPSA) is 82.0 Å².